The number of aromatic nitrogens is 4. The van der Waals surface area contributed by atoms with Crippen molar-refractivity contribution in [3.63, 3.8) is 0 Å². The summed E-state index contributed by atoms with van der Waals surface area (Å²) in [5.41, 5.74) is 7.44. The third-order valence-electron chi connectivity index (χ3n) is 6.58. The minimum Gasteiger partial charge on any atom is -0.483 e. The Morgan fingerprint density at radius 1 is 1.02 bits per heavy atom. The van der Waals surface area contributed by atoms with Gasteiger partial charge in [-0.1, -0.05) is 24.3 Å². The first kappa shape index (κ1) is 31.8. The number of alkyl halides is 3. The van der Waals surface area contributed by atoms with Crippen LogP contribution >= 0.6 is 24.8 Å². The standard InChI is InChI=1S/C26H29F3N6O3.2ClH/c1-36-14-19(15-37-2)38-21-5-3-4-16-6-8-20(31-23(16)21)25-33-32-22-9-7-17(12-35(22)25)24(26(27,28)29)34-11-10-18(30)13-34;;/h3-9,12,18-19,24H,10-11,13-15,30H2,1-2H3;2*1H/t18?,24-;;/m1../s1. The minimum absolute atomic E-state index is 0. The molecule has 1 aliphatic rings. The fourth-order valence-electron chi connectivity index (χ4n) is 4.91. The number of pyridine rings is 2. The summed E-state index contributed by atoms with van der Waals surface area (Å²) < 4.78 is 60.7. The van der Waals surface area contributed by atoms with Crippen molar-refractivity contribution in [2.45, 2.75) is 30.8 Å². The van der Waals surface area contributed by atoms with Gasteiger partial charge in [-0.15, -0.1) is 35.0 Å². The lowest BCUT2D eigenvalue weighted by molar-refractivity contribution is -0.183. The molecule has 40 heavy (non-hydrogen) atoms. The quantitative estimate of drug-likeness (QED) is 0.300. The fourth-order valence-corrected chi connectivity index (χ4v) is 4.91. The molecule has 218 valence electrons. The van der Waals surface area contributed by atoms with Crippen molar-refractivity contribution in [2.24, 2.45) is 5.73 Å². The van der Waals surface area contributed by atoms with Gasteiger partial charge in [0, 0.05) is 44.9 Å². The van der Waals surface area contributed by atoms with Gasteiger partial charge in [-0.3, -0.25) is 9.30 Å². The molecule has 0 amide bonds. The molecule has 1 aliphatic heterocycles. The molecule has 4 aromatic rings. The number of para-hydroxylation sites is 1. The zero-order valence-corrected chi connectivity index (χ0v) is 23.5. The summed E-state index contributed by atoms with van der Waals surface area (Å²) in [5, 5.41) is 9.24. The van der Waals surface area contributed by atoms with E-state index in [-0.39, 0.29) is 55.6 Å². The number of nitrogens with zero attached hydrogens (tertiary/aromatic N) is 5. The Balaban J connectivity index is 0.00000220. The van der Waals surface area contributed by atoms with E-state index in [1.54, 1.807) is 30.8 Å². The highest BCUT2D eigenvalue weighted by Gasteiger charge is 2.46. The number of fused-ring (bicyclic) bond motifs is 2. The summed E-state index contributed by atoms with van der Waals surface area (Å²) >= 11 is 0. The maximum atomic E-state index is 14.2. The van der Waals surface area contributed by atoms with Crippen molar-refractivity contribution in [2.75, 3.05) is 40.5 Å². The van der Waals surface area contributed by atoms with Crippen LogP contribution in [0.1, 0.15) is 18.0 Å². The number of nitrogens with two attached hydrogens (primary N) is 1. The van der Waals surface area contributed by atoms with Gasteiger partial charge < -0.3 is 19.9 Å². The lowest BCUT2D eigenvalue weighted by atomic mass is 10.1. The summed E-state index contributed by atoms with van der Waals surface area (Å²) in [5.74, 6) is 0.850. The van der Waals surface area contributed by atoms with Crippen molar-refractivity contribution in [1.82, 2.24) is 24.5 Å². The molecule has 14 heteroatoms. The zero-order valence-electron chi connectivity index (χ0n) is 21.9. The van der Waals surface area contributed by atoms with Crippen LogP contribution in [0.2, 0.25) is 0 Å². The number of benzene rings is 1. The second-order valence-corrected chi connectivity index (χ2v) is 9.38. The van der Waals surface area contributed by atoms with Crippen LogP contribution < -0.4 is 10.5 Å². The van der Waals surface area contributed by atoms with Crippen molar-refractivity contribution < 1.29 is 27.4 Å². The predicted molar refractivity (Wildman–Crippen MR) is 149 cm³/mol. The Morgan fingerprint density at radius 3 is 2.42 bits per heavy atom. The molecule has 1 fully saturated rings. The van der Waals surface area contributed by atoms with Gasteiger partial charge in [-0.05, 0) is 30.2 Å². The van der Waals surface area contributed by atoms with Crippen molar-refractivity contribution in [1.29, 1.82) is 0 Å². The maximum Gasteiger partial charge on any atom is 0.408 e. The molecule has 0 bridgehead atoms. The largest absolute Gasteiger partial charge is 0.483 e. The van der Waals surface area contributed by atoms with Gasteiger partial charge >= 0.3 is 6.18 Å². The summed E-state index contributed by atoms with van der Waals surface area (Å²) in [6.45, 7) is 1.10. The Kier molecular flexibility index (Phi) is 10.6. The predicted octanol–water partition coefficient (Wildman–Crippen LogP) is 4.46. The number of hydrogen-bond donors (Lipinski definition) is 1. The summed E-state index contributed by atoms with van der Waals surface area (Å²) in [6, 6.07) is 10.1. The van der Waals surface area contributed by atoms with E-state index >= 15 is 0 Å². The van der Waals surface area contributed by atoms with Crippen molar-refractivity contribution in [3.8, 4) is 17.3 Å². The highest BCUT2D eigenvalue weighted by atomic mass is 35.5. The van der Waals surface area contributed by atoms with E-state index in [0.717, 1.165) is 5.39 Å². The number of likely N-dealkylation sites (tertiary alicyclic amines) is 1. The van der Waals surface area contributed by atoms with Crippen LogP contribution in [-0.4, -0.2) is 83.3 Å². The van der Waals surface area contributed by atoms with Crippen LogP contribution in [0.4, 0.5) is 13.2 Å². The van der Waals surface area contributed by atoms with E-state index in [9.17, 15) is 13.2 Å². The molecule has 1 aromatic carbocycles. The Labute approximate surface area is 241 Å². The second-order valence-electron chi connectivity index (χ2n) is 9.38. The smallest absolute Gasteiger partial charge is 0.408 e. The molecule has 1 saturated heterocycles. The maximum absolute atomic E-state index is 14.2. The number of ether oxygens (including phenoxy) is 3. The van der Waals surface area contributed by atoms with E-state index in [1.165, 1.54) is 23.2 Å². The molecule has 2 N–H and O–H groups in total. The molecular weight excluding hydrogens is 572 g/mol. The highest BCUT2D eigenvalue weighted by Crippen LogP contribution is 2.39. The Bertz CT molecular complexity index is 1420. The molecule has 0 spiro atoms. The van der Waals surface area contributed by atoms with E-state index in [4.69, 9.17) is 24.9 Å². The van der Waals surface area contributed by atoms with Crippen LogP contribution in [0.15, 0.2) is 48.7 Å². The molecule has 3 aromatic heterocycles. The molecule has 9 nitrogen and oxygen atoms in total. The van der Waals surface area contributed by atoms with Crippen LogP contribution in [0.5, 0.6) is 5.75 Å². The number of methoxy groups -OCH3 is 2. The van der Waals surface area contributed by atoms with Gasteiger partial charge in [0.2, 0.25) is 0 Å². The van der Waals surface area contributed by atoms with Crippen LogP contribution in [0.3, 0.4) is 0 Å². The molecule has 0 radical (unpaired) electrons. The highest BCUT2D eigenvalue weighted by molar-refractivity contribution is 5.86. The molecular formula is C26H31Cl2F3N6O3. The van der Waals surface area contributed by atoms with Crippen molar-refractivity contribution in [3.05, 3.63) is 54.2 Å². The molecule has 4 heterocycles. The Hall–Kier alpha value is -2.74. The Morgan fingerprint density at radius 2 is 1.77 bits per heavy atom. The minimum atomic E-state index is -4.47. The third kappa shape index (κ3) is 6.59. The first-order chi connectivity index (χ1) is 18.3. The number of hydrogen-bond acceptors (Lipinski definition) is 8. The van der Waals surface area contributed by atoms with Crippen molar-refractivity contribution >= 4 is 41.4 Å². The zero-order chi connectivity index (χ0) is 26.9. The van der Waals surface area contributed by atoms with Gasteiger partial charge in [-0.2, -0.15) is 13.2 Å². The van der Waals surface area contributed by atoms with Gasteiger partial charge in [0.25, 0.3) is 0 Å². The third-order valence-corrected chi connectivity index (χ3v) is 6.58. The van der Waals surface area contributed by atoms with Gasteiger partial charge in [0.05, 0.1) is 13.2 Å². The fraction of sp³-hybridized carbons (Fsp3) is 0.423. The van der Waals surface area contributed by atoms with E-state index in [1.807, 2.05) is 18.2 Å². The van der Waals surface area contributed by atoms with Gasteiger partial charge in [0.1, 0.15) is 29.1 Å². The first-order valence-electron chi connectivity index (χ1n) is 12.2. The van der Waals surface area contributed by atoms with Crippen LogP contribution in [-0.2, 0) is 9.47 Å². The van der Waals surface area contributed by atoms with E-state index in [2.05, 4.69) is 10.2 Å². The van der Waals surface area contributed by atoms with E-state index in [0.29, 0.717) is 48.1 Å². The summed E-state index contributed by atoms with van der Waals surface area (Å²) in [4.78, 5) is 6.15. The molecule has 2 atom stereocenters. The molecule has 0 aliphatic carbocycles. The van der Waals surface area contributed by atoms with Gasteiger partial charge in [-0.25, -0.2) is 4.98 Å². The summed E-state index contributed by atoms with van der Waals surface area (Å²) in [6.07, 6.45) is -2.86. The number of rotatable bonds is 9. The molecule has 1 unspecified atom stereocenters. The molecule has 5 rings (SSSR count). The lowest BCUT2D eigenvalue weighted by Gasteiger charge is -2.30. The number of halogens is 5. The monoisotopic (exact) mass is 602 g/mol. The normalized spacial score (nSPS) is 16.7. The average molecular weight is 603 g/mol. The van der Waals surface area contributed by atoms with Gasteiger partial charge in [0.15, 0.2) is 11.5 Å². The first-order valence-corrected chi connectivity index (χ1v) is 12.2. The van der Waals surface area contributed by atoms with Crippen LogP contribution in [0.25, 0.3) is 28.1 Å². The topological polar surface area (TPSA) is 100 Å². The average Bonchev–Trinajstić information content (AvgIpc) is 3.49. The lowest BCUT2D eigenvalue weighted by Crippen LogP contribution is -2.38. The summed E-state index contributed by atoms with van der Waals surface area (Å²) in [7, 11) is 3.16. The molecule has 0 saturated carbocycles. The second kappa shape index (κ2) is 13.3. The van der Waals surface area contributed by atoms with E-state index < -0.39 is 12.2 Å². The van der Waals surface area contributed by atoms with Crippen LogP contribution in [0, 0.1) is 0 Å². The SMILES string of the molecule is COCC(COC)Oc1cccc2ccc(-c3nnc4ccc([C@@H](N5CCC(N)C5)C(F)(F)F)cn34)nc12.Cl.Cl.